The maximum Gasteiger partial charge on any atom is 0.269 e. The van der Waals surface area contributed by atoms with Crippen molar-refractivity contribution in [1.82, 2.24) is 4.31 Å². The van der Waals surface area contributed by atoms with E-state index >= 15 is 0 Å². The van der Waals surface area contributed by atoms with Crippen LogP contribution in [0, 0.1) is 10.1 Å². The molecule has 1 atom stereocenters. The van der Waals surface area contributed by atoms with E-state index in [1.54, 1.807) is 0 Å². The van der Waals surface area contributed by atoms with Crippen LogP contribution in [0.2, 0.25) is 0 Å². The topological polar surface area (TPSA) is 115 Å². The van der Waals surface area contributed by atoms with Crippen molar-refractivity contribution in [2.45, 2.75) is 30.7 Å². The fourth-order valence-corrected chi connectivity index (χ4v) is 6.17. The molecule has 0 amide bonds. The van der Waals surface area contributed by atoms with Crippen LogP contribution in [0.4, 0.5) is 5.69 Å². The summed E-state index contributed by atoms with van der Waals surface area (Å²) in [5, 5.41) is 10.7. The first kappa shape index (κ1) is 17.8. The largest absolute Gasteiger partial charge is 0.269 e. The molecule has 0 saturated carbocycles. The zero-order valence-corrected chi connectivity index (χ0v) is 14.2. The van der Waals surface area contributed by atoms with E-state index in [9.17, 15) is 26.9 Å². The average molecular weight is 362 g/mol. The first-order chi connectivity index (χ1) is 10.7. The Morgan fingerprint density at radius 2 is 1.91 bits per heavy atom. The molecule has 0 aliphatic carbocycles. The molecule has 0 unspecified atom stereocenters. The lowest BCUT2D eigenvalue weighted by molar-refractivity contribution is -0.384. The first-order valence-corrected chi connectivity index (χ1v) is 10.4. The highest BCUT2D eigenvalue weighted by molar-refractivity contribution is 7.92. The van der Waals surface area contributed by atoms with Crippen molar-refractivity contribution in [2.75, 3.05) is 18.1 Å². The third-order valence-corrected chi connectivity index (χ3v) is 7.43. The monoisotopic (exact) mass is 362 g/mol. The predicted molar refractivity (Wildman–Crippen MR) is 84.3 cm³/mol. The Morgan fingerprint density at radius 3 is 2.35 bits per heavy atom. The van der Waals surface area contributed by atoms with Gasteiger partial charge in [0, 0.05) is 24.7 Å². The Hall–Kier alpha value is -1.52. The predicted octanol–water partition coefficient (Wildman–Crippen LogP) is 1.18. The zero-order chi connectivity index (χ0) is 17.3. The zero-order valence-electron chi connectivity index (χ0n) is 12.6. The van der Waals surface area contributed by atoms with Crippen molar-refractivity contribution in [3.05, 3.63) is 34.4 Å². The highest BCUT2D eigenvalue weighted by atomic mass is 32.2. The van der Waals surface area contributed by atoms with Gasteiger partial charge in [0.15, 0.2) is 9.84 Å². The SMILES string of the molecule is CCCN([C@H]1CCS(=O)(=O)C1)S(=O)(=O)c1ccc([N+](=O)[O-])cc1. The summed E-state index contributed by atoms with van der Waals surface area (Å²) in [7, 11) is -7.11. The van der Waals surface area contributed by atoms with E-state index in [-0.39, 0.29) is 35.1 Å². The van der Waals surface area contributed by atoms with E-state index in [0.717, 1.165) is 12.1 Å². The molecule has 8 nitrogen and oxygen atoms in total. The van der Waals surface area contributed by atoms with Crippen LogP contribution in [0.5, 0.6) is 0 Å². The number of benzene rings is 1. The standard InChI is InChI=1S/C13H18N2O6S2/c1-2-8-14(12-7-9-22(18,19)10-12)23(20,21)13-5-3-11(4-6-13)15(16)17/h3-6,12H,2,7-10H2,1H3/t12-/m0/s1. The molecule has 2 rings (SSSR count). The van der Waals surface area contributed by atoms with Crippen molar-refractivity contribution < 1.29 is 21.8 Å². The van der Waals surface area contributed by atoms with E-state index in [1.165, 1.54) is 16.4 Å². The summed E-state index contributed by atoms with van der Waals surface area (Å²) in [5.74, 6) is -0.202. The smallest absolute Gasteiger partial charge is 0.258 e. The number of sulfonamides is 1. The van der Waals surface area contributed by atoms with Gasteiger partial charge in [-0.2, -0.15) is 4.31 Å². The molecule has 1 fully saturated rings. The van der Waals surface area contributed by atoms with E-state index in [0.29, 0.717) is 6.42 Å². The van der Waals surface area contributed by atoms with Crippen LogP contribution >= 0.6 is 0 Å². The Bertz CT molecular complexity index is 786. The van der Waals surface area contributed by atoms with E-state index in [2.05, 4.69) is 0 Å². The number of nitro benzene ring substituents is 1. The number of non-ortho nitro benzene ring substituents is 1. The molecule has 0 spiro atoms. The number of nitro groups is 1. The lowest BCUT2D eigenvalue weighted by Crippen LogP contribution is -2.41. The molecule has 0 aromatic heterocycles. The molecule has 0 radical (unpaired) electrons. The molecular formula is C13H18N2O6S2. The normalized spacial score (nSPS) is 20.7. The molecular weight excluding hydrogens is 344 g/mol. The third-order valence-electron chi connectivity index (χ3n) is 3.71. The summed E-state index contributed by atoms with van der Waals surface area (Å²) in [4.78, 5) is 9.98. The molecule has 1 aromatic rings. The molecule has 1 aromatic carbocycles. The van der Waals surface area contributed by atoms with Gasteiger partial charge in [-0.15, -0.1) is 0 Å². The van der Waals surface area contributed by atoms with Gasteiger partial charge in [0.25, 0.3) is 5.69 Å². The van der Waals surface area contributed by atoms with Gasteiger partial charge in [0.05, 0.1) is 21.3 Å². The van der Waals surface area contributed by atoms with Gasteiger partial charge in [-0.1, -0.05) is 6.92 Å². The second-order valence-electron chi connectivity index (χ2n) is 5.42. The van der Waals surface area contributed by atoms with E-state index in [4.69, 9.17) is 0 Å². The molecule has 1 aliphatic rings. The maximum absolute atomic E-state index is 12.8. The molecule has 1 aliphatic heterocycles. The van der Waals surface area contributed by atoms with Gasteiger partial charge < -0.3 is 0 Å². The fraction of sp³-hybridized carbons (Fsp3) is 0.538. The molecule has 1 saturated heterocycles. The van der Waals surface area contributed by atoms with Crippen LogP contribution in [0.25, 0.3) is 0 Å². The number of rotatable bonds is 6. The Kier molecular flexibility index (Phi) is 5.07. The van der Waals surface area contributed by atoms with E-state index in [1.807, 2.05) is 6.92 Å². The molecule has 10 heteroatoms. The summed E-state index contributed by atoms with van der Waals surface area (Å²) < 4.78 is 50.0. The summed E-state index contributed by atoms with van der Waals surface area (Å²) in [6, 6.07) is 4.03. The minimum absolute atomic E-state index is 0.0202. The molecule has 128 valence electrons. The van der Waals surface area contributed by atoms with Crippen LogP contribution in [-0.2, 0) is 19.9 Å². The van der Waals surface area contributed by atoms with Gasteiger partial charge in [-0.05, 0) is 25.0 Å². The Morgan fingerprint density at radius 1 is 1.30 bits per heavy atom. The third kappa shape index (κ3) is 3.88. The maximum atomic E-state index is 12.8. The first-order valence-electron chi connectivity index (χ1n) is 7.14. The number of hydrogen-bond acceptors (Lipinski definition) is 6. The quantitative estimate of drug-likeness (QED) is 0.554. The average Bonchev–Trinajstić information content (AvgIpc) is 2.84. The van der Waals surface area contributed by atoms with Crippen LogP contribution in [-0.4, -0.2) is 50.2 Å². The van der Waals surface area contributed by atoms with Crippen LogP contribution in [0.15, 0.2) is 29.2 Å². The van der Waals surface area contributed by atoms with Crippen LogP contribution in [0.3, 0.4) is 0 Å². The Labute approximate surface area is 135 Å². The number of sulfone groups is 1. The second kappa shape index (κ2) is 6.54. The lowest BCUT2D eigenvalue weighted by atomic mass is 10.2. The lowest BCUT2D eigenvalue weighted by Gasteiger charge is -2.26. The summed E-state index contributed by atoms with van der Waals surface area (Å²) >= 11 is 0. The number of nitrogens with zero attached hydrogens (tertiary/aromatic N) is 2. The minimum atomic E-state index is -3.89. The molecule has 23 heavy (non-hydrogen) atoms. The van der Waals surface area contributed by atoms with Crippen LogP contribution < -0.4 is 0 Å². The summed E-state index contributed by atoms with van der Waals surface area (Å²) in [5.41, 5.74) is -0.200. The molecule has 0 bridgehead atoms. The van der Waals surface area contributed by atoms with Crippen LogP contribution in [0.1, 0.15) is 19.8 Å². The highest BCUT2D eigenvalue weighted by Crippen LogP contribution is 2.26. The van der Waals surface area contributed by atoms with Gasteiger partial charge in [0.1, 0.15) is 0 Å². The number of hydrogen-bond donors (Lipinski definition) is 0. The summed E-state index contributed by atoms with van der Waals surface area (Å²) in [6.45, 7) is 2.02. The van der Waals surface area contributed by atoms with Gasteiger partial charge in [-0.3, -0.25) is 10.1 Å². The van der Waals surface area contributed by atoms with Crippen molar-refractivity contribution in [2.24, 2.45) is 0 Å². The highest BCUT2D eigenvalue weighted by Gasteiger charge is 2.38. The summed E-state index contributed by atoms with van der Waals surface area (Å²) in [6.07, 6.45) is 0.817. The molecule has 0 N–H and O–H groups in total. The van der Waals surface area contributed by atoms with Crippen molar-refractivity contribution in [3.63, 3.8) is 0 Å². The van der Waals surface area contributed by atoms with Crippen molar-refractivity contribution in [3.8, 4) is 0 Å². The minimum Gasteiger partial charge on any atom is -0.258 e. The van der Waals surface area contributed by atoms with E-state index < -0.39 is 30.8 Å². The van der Waals surface area contributed by atoms with Gasteiger partial charge in [-0.25, -0.2) is 16.8 Å². The van der Waals surface area contributed by atoms with Crippen molar-refractivity contribution >= 4 is 25.5 Å². The Balaban J connectivity index is 2.35. The van der Waals surface area contributed by atoms with Crippen molar-refractivity contribution in [1.29, 1.82) is 0 Å². The van der Waals surface area contributed by atoms with Gasteiger partial charge in [0.2, 0.25) is 10.0 Å². The second-order valence-corrected chi connectivity index (χ2v) is 9.54. The van der Waals surface area contributed by atoms with Gasteiger partial charge >= 0.3 is 0 Å². The molecule has 1 heterocycles. The fourth-order valence-electron chi connectivity index (χ4n) is 2.60.